The van der Waals surface area contributed by atoms with Gasteiger partial charge in [-0.3, -0.25) is 4.79 Å². The molecule has 2 aromatic carbocycles. The summed E-state index contributed by atoms with van der Waals surface area (Å²) in [7, 11) is 1.56. The fraction of sp³-hybridized carbons (Fsp3) is 0.409. The van der Waals surface area contributed by atoms with Gasteiger partial charge in [0.25, 0.3) is 5.91 Å². The number of carbonyl (C=O) groups excluding carboxylic acids is 1. The van der Waals surface area contributed by atoms with Gasteiger partial charge in [-0.05, 0) is 50.6 Å². The summed E-state index contributed by atoms with van der Waals surface area (Å²) in [5, 5.41) is 12.9. The fourth-order valence-corrected chi connectivity index (χ4v) is 3.55. The zero-order chi connectivity index (χ0) is 20.5. The summed E-state index contributed by atoms with van der Waals surface area (Å²) in [4.78, 5) is 12.6. The second-order valence-corrected chi connectivity index (χ2v) is 8.63. The minimum atomic E-state index is -0.705. The number of hydrogen-bond acceptors (Lipinski definition) is 4. The van der Waals surface area contributed by atoms with Gasteiger partial charge in [0, 0.05) is 29.0 Å². The van der Waals surface area contributed by atoms with E-state index >= 15 is 0 Å². The third-order valence-electron chi connectivity index (χ3n) is 4.87. The molecule has 3 rings (SSSR count). The van der Waals surface area contributed by atoms with Crippen molar-refractivity contribution < 1.29 is 19.4 Å². The quantitative estimate of drug-likeness (QED) is 0.770. The highest BCUT2D eigenvalue weighted by atomic mass is 35.5. The van der Waals surface area contributed by atoms with Crippen molar-refractivity contribution in [1.82, 2.24) is 5.32 Å². The number of methoxy groups -OCH3 is 1. The van der Waals surface area contributed by atoms with E-state index in [9.17, 15) is 9.90 Å². The summed E-state index contributed by atoms with van der Waals surface area (Å²) in [6.07, 6.45) is 1.37. The number of halogens is 1. The molecule has 1 heterocycles. The summed E-state index contributed by atoms with van der Waals surface area (Å²) in [5.41, 5.74) is 1.40. The molecule has 0 aromatic heterocycles. The van der Waals surface area contributed by atoms with Crippen LogP contribution in [0.1, 0.15) is 42.3 Å². The molecule has 150 valence electrons. The second kappa shape index (κ2) is 7.64. The average Bonchev–Trinajstić information content (AvgIpc) is 2.98. The van der Waals surface area contributed by atoms with Crippen LogP contribution in [0, 0.1) is 0 Å². The highest BCUT2D eigenvalue weighted by molar-refractivity contribution is 6.30. The number of rotatable bonds is 6. The van der Waals surface area contributed by atoms with E-state index in [0.29, 0.717) is 34.9 Å². The lowest BCUT2D eigenvalue weighted by Gasteiger charge is -2.24. The number of aliphatic hydroxyl groups excluding tert-OH is 1. The van der Waals surface area contributed by atoms with Crippen LogP contribution in [0.2, 0.25) is 5.02 Å². The van der Waals surface area contributed by atoms with Gasteiger partial charge in [-0.25, -0.2) is 0 Å². The van der Waals surface area contributed by atoms with E-state index in [1.54, 1.807) is 27.0 Å². The van der Waals surface area contributed by atoms with Crippen LogP contribution in [0.25, 0.3) is 0 Å². The van der Waals surface area contributed by atoms with Crippen molar-refractivity contribution in [2.75, 3.05) is 13.7 Å². The highest BCUT2D eigenvalue weighted by Gasteiger charge is 2.38. The number of nitrogens with one attached hydrogen (secondary N) is 1. The Morgan fingerprint density at radius 1 is 1.32 bits per heavy atom. The molecular formula is C22H26ClNO4. The van der Waals surface area contributed by atoms with Gasteiger partial charge < -0.3 is 19.9 Å². The molecule has 1 amide bonds. The first kappa shape index (κ1) is 20.5. The van der Waals surface area contributed by atoms with Crippen molar-refractivity contribution in [2.24, 2.45) is 0 Å². The van der Waals surface area contributed by atoms with E-state index in [1.807, 2.05) is 30.3 Å². The molecule has 0 radical (unpaired) electrons. The predicted octanol–water partition coefficient (Wildman–Crippen LogP) is 3.79. The molecule has 2 N–H and O–H groups in total. The molecule has 0 saturated heterocycles. The molecule has 5 nitrogen and oxygen atoms in total. The van der Waals surface area contributed by atoms with Crippen LogP contribution in [0.15, 0.2) is 36.4 Å². The van der Waals surface area contributed by atoms with Gasteiger partial charge in [0.15, 0.2) is 11.5 Å². The maximum atomic E-state index is 12.6. The smallest absolute Gasteiger partial charge is 0.251 e. The van der Waals surface area contributed by atoms with Crippen molar-refractivity contribution in [3.05, 3.63) is 58.1 Å². The Balaban J connectivity index is 1.85. The van der Waals surface area contributed by atoms with E-state index in [-0.39, 0.29) is 12.5 Å². The van der Waals surface area contributed by atoms with Gasteiger partial charge in [-0.1, -0.05) is 23.7 Å². The monoisotopic (exact) mass is 403 g/mol. The number of amides is 1. The van der Waals surface area contributed by atoms with Crippen LogP contribution in [-0.4, -0.2) is 35.9 Å². The van der Waals surface area contributed by atoms with Crippen LogP contribution in [0.5, 0.6) is 11.5 Å². The summed E-state index contributed by atoms with van der Waals surface area (Å²) in [6, 6.07) is 11.2. The highest BCUT2D eigenvalue weighted by Crippen LogP contribution is 2.44. The number of hydrogen-bond donors (Lipinski definition) is 2. The molecule has 0 fully saturated rings. The molecule has 0 bridgehead atoms. The number of carbonyl (C=O) groups is 1. The van der Waals surface area contributed by atoms with E-state index in [4.69, 9.17) is 21.1 Å². The number of benzene rings is 2. The zero-order valence-corrected chi connectivity index (χ0v) is 17.4. The first-order valence-electron chi connectivity index (χ1n) is 9.22. The fourth-order valence-electron chi connectivity index (χ4n) is 3.43. The van der Waals surface area contributed by atoms with Crippen molar-refractivity contribution in [3.63, 3.8) is 0 Å². The zero-order valence-electron chi connectivity index (χ0n) is 16.6. The molecular weight excluding hydrogens is 378 g/mol. The molecule has 1 unspecified atom stereocenters. The Kier molecular flexibility index (Phi) is 5.60. The first-order valence-corrected chi connectivity index (χ1v) is 9.60. The Morgan fingerprint density at radius 2 is 2.00 bits per heavy atom. The molecule has 1 aliphatic heterocycles. The first-order chi connectivity index (χ1) is 13.1. The molecule has 28 heavy (non-hydrogen) atoms. The van der Waals surface area contributed by atoms with Crippen LogP contribution >= 0.6 is 11.6 Å². The summed E-state index contributed by atoms with van der Waals surface area (Å²) in [6.45, 7) is 5.43. The maximum absolute atomic E-state index is 12.6. The van der Waals surface area contributed by atoms with Crippen molar-refractivity contribution in [3.8, 4) is 11.5 Å². The lowest BCUT2D eigenvalue weighted by atomic mass is 9.91. The Hall–Kier alpha value is -2.24. The Bertz CT molecular complexity index is 879. The van der Waals surface area contributed by atoms with E-state index in [0.717, 1.165) is 11.1 Å². The van der Waals surface area contributed by atoms with Gasteiger partial charge in [-0.15, -0.1) is 0 Å². The van der Waals surface area contributed by atoms with Gasteiger partial charge in [0.05, 0.1) is 19.3 Å². The van der Waals surface area contributed by atoms with E-state index in [2.05, 4.69) is 12.2 Å². The molecule has 0 saturated carbocycles. The average molecular weight is 404 g/mol. The van der Waals surface area contributed by atoms with Gasteiger partial charge in [-0.2, -0.15) is 0 Å². The number of ether oxygens (including phenoxy) is 2. The van der Waals surface area contributed by atoms with Crippen LogP contribution in [0.3, 0.4) is 0 Å². The third kappa shape index (κ3) is 4.42. The molecule has 1 atom stereocenters. The molecule has 1 aliphatic rings. The predicted molar refractivity (Wildman–Crippen MR) is 110 cm³/mol. The van der Waals surface area contributed by atoms with Crippen molar-refractivity contribution in [1.29, 1.82) is 0 Å². The molecule has 0 spiro atoms. The van der Waals surface area contributed by atoms with Crippen LogP contribution in [-0.2, 0) is 12.8 Å². The van der Waals surface area contributed by atoms with Crippen LogP contribution < -0.4 is 14.8 Å². The summed E-state index contributed by atoms with van der Waals surface area (Å²) >= 11 is 5.98. The van der Waals surface area contributed by atoms with Crippen molar-refractivity contribution in [2.45, 2.75) is 44.8 Å². The summed E-state index contributed by atoms with van der Waals surface area (Å²) in [5.74, 6) is 0.952. The molecule has 6 heteroatoms. The molecule has 2 aromatic rings. The minimum absolute atomic E-state index is 0.150. The lowest BCUT2D eigenvalue weighted by Crippen LogP contribution is -2.46. The standard InChI is InChI=1S/C22H26ClNO4/c1-21(2,13-25)24-20(26)15-9-16-12-22(3,28-19(16)18(10-15)27-4)11-14-5-7-17(23)8-6-14/h5-10,25H,11-13H2,1-4H3,(H,24,26). The lowest BCUT2D eigenvalue weighted by molar-refractivity contribution is 0.0869. The van der Waals surface area contributed by atoms with E-state index < -0.39 is 11.1 Å². The SMILES string of the molecule is COc1cc(C(=O)NC(C)(C)CO)cc2c1OC(C)(Cc1ccc(Cl)cc1)C2. The Labute approximate surface area is 170 Å². The topological polar surface area (TPSA) is 67.8 Å². The normalized spacial score (nSPS) is 18.4. The number of fused-ring (bicyclic) bond motifs is 1. The minimum Gasteiger partial charge on any atom is -0.493 e. The maximum Gasteiger partial charge on any atom is 0.251 e. The van der Waals surface area contributed by atoms with Gasteiger partial charge >= 0.3 is 0 Å². The van der Waals surface area contributed by atoms with Gasteiger partial charge in [0.2, 0.25) is 0 Å². The summed E-state index contributed by atoms with van der Waals surface area (Å²) < 4.78 is 11.8. The Morgan fingerprint density at radius 3 is 2.61 bits per heavy atom. The van der Waals surface area contributed by atoms with Gasteiger partial charge in [0.1, 0.15) is 5.60 Å². The van der Waals surface area contributed by atoms with Crippen LogP contribution in [0.4, 0.5) is 0 Å². The number of aliphatic hydroxyl groups is 1. The second-order valence-electron chi connectivity index (χ2n) is 8.19. The largest absolute Gasteiger partial charge is 0.493 e. The molecule has 0 aliphatic carbocycles. The van der Waals surface area contributed by atoms with Crippen molar-refractivity contribution >= 4 is 17.5 Å². The van der Waals surface area contributed by atoms with E-state index in [1.165, 1.54) is 0 Å². The third-order valence-corrected chi connectivity index (χ3v) is 5.12.